The van der Waals surface area contributed by atoms with Gasteiger partial charge in [-0.15, -0.1) is 0 Å². The van der Waals surface area contributed by atoms with Gasteiger partial charge in [-0.1, -0.05) is 6.07 Å². The minimum Gasteiger partial charge on any atom is -0.330 e. The highest BCUT2D eigenvalue weighted by atomic mass is 32.2. The smallest absolute Gasteiger partial charge is 0.230 e. The molecule has 0 saturated carbocycles. The Morgan fingerprint density at radius 3 is 2.79 bits per heavy atom. The summed E-state index contributed by atoms with van der Waals surface area (Å²) in [6.07, 6.45) is 2.36. The fourth-order valence-electron chi connectivity index (χ4n) is 2.36. The van der Waals surface area contributed by atoms with Crippen molar-refractivity contribution in [2.24, 2.45) is 5.73 Å². The van der Waals surface area contributed by atoms with Crippen LogP contribution in [0.5, 0.6) is 0 Å². The van der Waals surface area contributed by atoms with E-state index < -0.39 is 10.9 Å². The second kappa shape index (κ2) is 4.64. The van der Waals surface area contributed by atoms with Crippen LogP contribution in [0.15, 0.2) is 36.5 Å². The third-order valence-corrected chi connectivity index (χ3v) is 3.89. The van der Waals surface area contributed by atoms with Crippen LogP contribution in [0, 0.1) is 0 Å². The maximum Gasteiger partial charge on any atom is 0.230 e. The average Bonchev–Trinajstić information content (AvgIpc) is 2.73. The van der Waals surface area contributed by atoms with Gasteiger partial charge in [-0.2, -0.15) is 0 Å². The number of benzene rings is 1. The predicted octanol–water partition coefficient (Wildman–Crippen LogP) is 1.07. The minimum atomic E-state index is -2.75. The van der Waals surface area contributed by atoms with E-state index in [0.29, 0.717) is 17.7 Å². The molecular formula is C13H13N3O2S. The number of thiol groups is 1. The molecule has 3 rings (SSSR count). The molecule has 5 nitrogen and oxygen atoms in total. The van der Waals surface area contributed by atoms with E-state index in [1.165, 1.54) is 3.97 Å². The molecule has 0 saturated heterocycles. The number of hydrogen-bond donors (Lipinski definition) is 2. The van der Waals surface area contributed by atoms with Gasteiger partial charge in [-0.25, -0.2) is 17.4 Å². The summed E-state index contributed by atoms with van der Waals surface area (Å²) in [6, 6.07) is 9.39. The van der Waals surface area contributed by atoms with E-state index >= 15 is 0 Å². The maximum absolute atomic E-state index is 11.4. The van der Waals surface area contributed by atoms with Crippen LogP contribution in [0.25, 0.3) is 21.9 Å². The summed E-state index contributed by atoms with van der Waals surface area (Å²) in [5, 5.41) is 1.74. The van der Waals surface area contributed by atoms with Crippen molar-refractivity contribution in [1.82, 2.24) is 8.96 Å². The molecule has 2 heterocycles. The lowest BCUT2D eigenvalue weighted by Gasteiger charge is -2.00. The number of hydrogen-bond acceptors (Lipinski definition) is 4. The largest absolute Gasteiger partial charge is 0.330 e. The fourth-order valence-corrected chi connectivity index (χ4v) is 3.03. The highest BCUT2D eigenvalue weighted by Crippen LogP contribution is 2.28. The Kier molecular flexibility index (Phi) is 2.96. The van der Waals surface area contributed by atoms with Crippen molar-refractivity contribution >= 4 is 32.8 Å². The van der Waals surface area contributed by atoms with Crippen molar-refractivity contribution in [3.63, 3.8) is 0 Å². The average molecular weight is 275 g/mol. The van der Waals surface area contributed by atoms with E-state index in [4.69, 9.17) is 5.73 Å². The van der Waals surface area contributed by atoms with E-state index in [0.717, 1.165) is 22.8 Å². The van der Waals surface area contributed by atoms with Crippen molar-refractivity contribution in [2.45, 2.75) is 6.42 Å². The summed E-state index contributed by atoms with van der Waals surface area (Å²) in [4.78, 5) is 4.17. The van der Waals surface area contributed by atoms with Crippen LogP contribution in [0.2, 0.25) is 0 Å². The van der Waals surface area contributed by atoms with Gasteiger partial charge in [0.05, 0.1) is 5.52 Å². The van der Waals surface area contributed by atoms with Crippen LogP contribution < -0.4 is 5.73 Å². The van der Waals surface area contributed by atoms with E-state index in [1.54, 1.807) is 12.3 Å². The Balaban J connectivity index is 2.45. The van der Waals surface area contributed by atoms with Gasteiger partial charge in [0.1, 0.15) is 0 Å². The molecule has 2 aromatic heterocycles. The third-order valence-electron chi connectivity index (χ3n) is 3.16. The molecule has 0 bridgehead atoms. The van der Waals surface area contributed by atoms with Crippen LogP contribution in [0.3, 0.4) is 0 Å². The molecule has 98 valence electrons. The van der Waals surface area contributed by atoms with Crippen LogP contribution in [-0.2, 0) is 17.3 Å². The molecule has 19 heavy (non-hydrogen) atoms. The Hall–Kier alpha value is -1.92. The number of rotatable bonds is 3. The lowest BCUT2D eigenvalue weighted by molar-refractivity contribution is 0.609. The van der Waals surface area contributed by atoms with Crippen LogP contribution in [-0.4, -0.2) is 23.9 Å². The summed E-state index contributed by atoms with van der Waals surface area (Å²) in [5.41, 5.74) is 7.78. The lowest BCUT2D eigenvalue weighted by atomic mass is 10.1. The normalized spacial score (nSPS) is 11.7. The molecule has 1 aromatic carbocycles. The Morgan fingerprint density at radius 2 is 2.05 bits per heavy atom. The van der Waals surface area contributed by atoms with Crippen LogP contribution in [0.4, 0.5) is 0 Å². The first-order valence-corrected chi connectivity index (χ1v) is 7.08. The molecule has 0 aliphatic carbocycles. The molecule has 0 amide bonds. The first-order chi connectivity index (χ1) is 9.22. The van der Waals surface area contributed by atoms with E-state index in [1.807, 2.05) is 24.3 Å². The molecule has 6 heteroatoms. The second-order valence-electron chi connectivity index (χ2n) is 4.31. The summed E-state index contributed by atoms with van der Waals surface area (Å²) >= 11 is 0. The first kappa shape index (κ1) is 12.1. The monoisotopic (exact) mass is 275 g/mol. The fraction of sp³-hybridized carbons (Fsp3) is 0.154. The van der Waals surface area contributed by atoms with Crippen molar-refractivity contribution in [3.05, 3.63) is 42.1 Å². The highest BCUT2D eigenvalue weighted by molar-refractivity contribution is 7.71. The van der Waals surface area contributed by atoms with Gasteiger partial charge in [-0.05, 0) is 42.8 Å². The molecule has 0 fully saturated rings. The van der Waals surface area contributed by atoms with Gasteiger partial charge in [0.15, 0.2) is 5.65 Å². The second-order valence-corrected chi connectivity index (χ2v) is 5.19. The van der Waals surface area contributed by atoms with Crippen LogP contribution in [0.1, 0.15) is 5.56 Å². The SMILES string of the molecule is NCCc1ccc2c(c1)c1cccnc1n2[SH](=O)=O. The maximum atomic E-state index is 11.4. The van der Waals surface area contributed by atoms with Crippen LogP contribution >= 0.6 is 0 Å². The summed E-state index contributed by atoms with van der Waals surface area (Å²) in [6.45, 7) is 0.568. The van der Waals surface area contributed by atoms with Crippen molar-refractivity contribution in [3.8, 4) is 0 Å². The standard InChI is InChI=1S/C13H13N3O2S/c14-6-5-9-3-4-12-11(8-9)10-2-1-7-15-13(10)16(12)19(17)18/h1-4,7-8,19H,5-6,14H2. The molecule has 0 aliphatic rings. The molecule has 0 unspecified atom stereocenters. The molecule has 0 atom stereocenters. The van der Waals surface area contributed by atoms with Gasteiger partial charge in [0.2, 0.25) is 10.9 Å². The lowest BCUT2D eigenvalue weighted by Crippen LogP contribution is -2.02. The number of aromatic nitrogens is 2. The highest BCUT2D eigenvalue weighted by Gasteiger charge is 2.12. The zero-order valence-corrected chi connectivity index (χ0v) is 11.0. The van der Waals surface area contributed by atoms with Gasteiger partial charge in [-0.3, -0.25) is 0 Å². The van der Waals surface area contributed by atoms with Crippen molar-refractivity contribution in [1.29, 1.82) is 0 Å². The van der Waals surface area contributed by atoms with Gasteiger partial charge >= 0.3 is 0 Å². The molecule has 2 N–H and O–H groups in total. The summed E-state index contributed by atoms with van der Waals surface area (Å²) in [7, 11) is -2.75. The van der Waals surface area contributed by atoms with E-state index in [9.17, 15) is 8.42 Å². The van der Waals surface area contributed by atoms with E-state index in [-0.39, 0.29) is 0 Å². The zero-order chi connectivity index (χ0) is 13.4. The number of pyridine rings is 1. The van der Waals surface area contributed by atoms with E-state index in [2.05, 4.69) is 4.98 Å². The van der Waals surface area contributed by atoms with Crippen molar-refractivity contribution in [2.75, 3.05) is 6.54 Å². The number of fused-ring (bicyclic) bond motifs is 3. The number of nitrogens with two attached hydrogens (primary N) is 1. The molecule has 0 spiro atoms. The topological polar surface area (TPSA) is 78.0 Å². The third kappa shape index (κ3) is 1.89. The summed E-state index contributed by atoms with van der Waals surface area (Å²) in [5.74, 6) is 0. The van der Waals surface area contributed by atoms with Crippen molar-refractivity contribution < 1.29 is 8.42 Å². The molecule has 0 aliphatic heterocycles. The Labute approximate surface area is 111 Å². The minimum absolute atomic E-state index is 0.471. The quantitative estimate of drug-likeness (QED) is 0.701. The zero-order valence-electron chi connectivity index (χ0n) is 10.1. The summed E-state index contributed by atoms with van der Waals surface area (Å²) < 4.78 is 24.1. The predicted molar refractivity (Wildman–Crippen MR) is 75.7 cm³/mol. The van der Waals surface area contributed by atoms with Gasteiger partial charge in [0, 0.05) is 17.0 Å². The Bertz CT molecular complexity index is 828. The number of nitrogens with zero attached hydrogens (tertiary/aromatic N) is 2. The Morgan fingerprint density at radius 1 is 1.21 bits per heavy atom. The van der Waals surface area contributed by atoms with Gasteiger partial charge < -0.3 is 5.73 Å². The molecular weight excluding hydrogens is 262 g/mol. The first-order valence-electron chi connectivity index (χ1n) is 5.95. The molecule has 0 radical (unpaired) electrons. The van der Waals surface area contributed by atoms with Gasteiger partial charge in [0.25, 0.3) is 0 Å². The molecule has 3 aromatic rings.